The number of pyridine rings is 1. The first-order valence-electron chi connectivity index (χ1n) is 20.1. The molecule has 0 saturated carbocycles. The number of benzene rings is 2. The predicted molar refractivity (Wildman–Crippen MR) is 229 cm³/mol. The minimum absolute atomic E-state index is 0.0272. The largest absolute Gasteiger partial charge is 0.491 e. The summed E-state index contributed by atoms with van der Waals surface area (Å²) in [4.78, 5) is 64.0. The lowest BCUT2D eigenvalue weighted by Crippen LogP contribution is -2.58. The number of amides is 3. The van der Waals surface area contributed by atoms with Crippen LogP contribution in [0.25, 0.3) is 10.4 Å². The maximum absolute atomic E-state index is 14.0. The number of fused-ring (bicyclic) bond motifs is 2. The number of nitro groups is 1. The molecular formula is C43H52N6O10S2. The Kier molecular flexibility index (Phi) is 15.5. The Labute approximate surface area is 362 Å². The van der Waals surface area contributed by atoms with Gasteiger partial charge >= 0.3 is 0 Å². The van der Waals surface area contributed by atoms with Gasteiger partial charge in [-0.25, -0.2) is 4.98 Å². The van der Waals surface area contributed by atoms with E-state index in [9.17, 15) is 29.6 Å². The number of rotatable bonds is 19. The Morgan fingerprint density at radius 1 is 0.967 bits per heavy atom. The summed E-state index contributed by atoms with van der Waals surface area (Å²) in [5.74, 6) is -0.662. The molecule has 3 amide bonds. The van der Waals surface area contributed by atoms with Crippen LogP contribution in [0, 0.1) is 22.5 Å². The zero-order valence-corrected chi connectivity index (χ0v) is 36.5. The van der Waals surface area contributed by atoms with E-state index in [-0.39, 0.29) is 50.4 Å². The lowest BCUT2D eigenvalue weighted by Gasteiger charge is -2.35. The first-order chi connectivity index (χ1) is 29.2. The van der Waals surface area contributed by atoms with Crippen molar-refractivity contribution in [1.82, 2.24) is 25.5 Å². The number of nitrogens with zero attached hydrogens (tertiary/aromatic N) is 4. The van der Waals surface area contributed by atoms with Crippen molar-refractivity contribution in [2.45, 2.75) is 81.5 Å². The van der Waals surface area contributed by atoms with Crippen LogP contribution in [-0.2, 0) is 35.0 Å². The van der Waals surface area contributed by atoms with Gasteiger partial charge in [-0.05, 0) is 48.1 Å². The number of β-amino-alcohol motifs (C(OH)–C–C–N with tert-alkyl or cyclic N) is 1. The first kappa shape index (κ1) is 45.5. The van der Waals surface area contributed by atoms with Crippen LogP contribution in [0.3, 0.4) is 0 Å². The van der Waals surface area contributed by atoms with E-state index in [2.05, 4.69) is 20.6 Å². The van der Waals surface area contributed by atoms with E-state index in [1.54, 1.807) is 17.4 Å². The number of aliphatic hydroxyl groups is 1. The van der Waals surface area contributed by atoms with Gasteiger partial charge in [0.15, 0.2) is 0 Å². The average molecular weight is 877 g/mol. The second-order valence-corrected chi connectivity index (χ2v) is 17.9. The number of aliphatic hydroxyl groups excluding tert-OH is 1. The standard InChI is InChI=1S/C43H52N6O10S2/c1-26(28-6-8-29(9-7-28)39-27(2)45-25-60-39)46-41(52)35-20-32(50)23-48(35)42(53)40(43(3,4)5)47-38(51)24-58-15-14-56-12-13-57-16-17-59-33-11-10-30-18-34-37(61-36(30)21-33)19-31(22-44-34)49(54)55/h6-11,19,21-22,25-26,32,35,40,50H,12-18,20,23-24H2,1-5H3,(H,46,52)(H,47,51)/t26-,32+,35-,40+/m0/s1. The number of nitrogens with one attached hydrogen (secondary N) is 2. The van der Waals surface area contributed by atoms with E-state index in [0.717, 1.165) is 42.7 Å². The van der Waals surface area contributed by atoms with Gasteiger partial charge in [-0.2, -0.15) is 0 Å². The monoisotopic (exact) mass is 876 g/mol. The van der Waals surface area contributed by atoms with Gasteiger partial charge in [0, 0.05) is 35.2 Å². The van der Waals surface area contributed by atoms with Gasteiger partial charge in [0.25, 0.3) is 5.69 Å². The van der Waals surface area contributed by atoms with Gasteiger partial charge < -0.3 is 39.6 Å². The SMILES string of the molecule is Cc1ncsc1-c1ccc([C@H](C)NC(=O)[C@@H]2C[C@@H](O)CN2C(=O)[C@@H](NC(=O)COCCOCCOCCOc2ccc3c(c2)Sc2cc([N+](=O)[O-])cnc2C3)C(C)(C)C)cc1. The van der Waals surface area contributed by atoms with Crippen LogP contribution < -0.4 is 15.4 Å². The third-order valence-electron chi connectivity index (χ3n) is 10.3. The summed E-state index contributed by atoms with van der Waals surface area (Å²) in [6.45, 7) is 10.6. The van der Waals surface area contributed by atoms with Gasteiger partial charge in [0.2, 0.25) is 17.7 Å². The molecule has 2 aromatic carbocycles. The highest BCUT2D eigenvalue weighted by atomic mass is 32.2. The summed E-state index contributed by atoms with van der Waals surface area (Å²) in [5, 5.41) is 27.5. The van der Waals surface area contributed by atoms with Gasteiger partial charge in [0.05, 0.1) is 71.9 Å². The molecular weight excluding hydrogens is 825 g/mol. The Morgan fingerprint density at radius 2 is 1.67 bits per heavy atom. The Morgan fingerprint density at radius 3 is 2.34 bits per heavy atom. The fourth-order valence-corrected chi connectivity index (χ4v) is 8.91. The van der Waals surface area contributed by atoms with Crippen molar-refractivity contribution in [3.05, 3.63) is 92.9 Å². The van der Waals surface area contributed by atoms with Crippen molar-refractivity contribution in [3.8, 4) is 16.2 Å². The average Bonchev–Trinajstić information content (AvgIpc) is 3.85. The summed E-state index contributed by atoms with van der Waals surface area (Å²) in [5.41, 5.74) is 5.85. The quantitative estimate of drug-likeness (QED) is 0.0550. The van der Waals surface area contributed by atoms with Crippen LogP contribution >= 0.6 is 23.1 Å². The van der Waals surface area contributed by atoms with Crippen LogP contribution in [0.5, 0.6) is 5.75 Å². The lowest BCUT2D eigenvalue weighted by atomic mass is 9.85. The summed E-state index contributed by atoms with van der Waals surface area (Å²) in [6.07, 6.45) is 1.08. The molecule has 16 nitrogen and oxygen atoms in total. The van der Waals surface area contributed by atoms with Crippen molar-refractivity contribution < 1.29 is 43.4 Å². The van der Waals surface area contributed by atoms with Gasteiger partial charge in [-0.1, -0.05) is 62.9 Å². The third kappa shape index (κ3) is 12.1. The number of aryl methyl sites for hydroxylation is 1. The van der Waals surface area contributed by atoms with Crippen molar-refractivity contribution >= 4 is 46.5 Å². The second-order valence-electron chi connectivity index (χ2n) is 16.0. The van der Waals surface area contributed by atoms with Gasteiger partial charge in [-0.15, -0.1) is 11.3 Å². The molecule has 3 N–H and O–H groups in total. The summed E-state index contributed by atoms with van der Waals surface area (Å²) in [6, 6.07) is 13.0. The van der Waals surface area contributed by atoms with Crippen LogP contribution in [0.4, 0.5) is 5.69 Å². The molecule has 2 aliphatic rings. The molecule has 326 valence electrons. The normalized spacial score (nSPS) is 16.9. The van der Waals surface area contributed by atoms with Crippen molar-refractivity contribution in [2.24, 2.45) is 5.41 Å². The van der Waals surface area contributed by atoms with E-state index >= 15 is 0 Å². The van der Waals surface area contributed by atoms with E-state index in [1.165, 1.54) is 22.9 Å². The molecule has 1 fully saturated rings. The molecule has 1 saturated heterocycles. The fraction of sp³-hybridized carbons (Fsp3) is 0.465. The molecule has 2 aromatic heterocycles. The molecule has 0 spiro atoms. The Hall–Kier alpha value is -4.98. The highest BCUT2D eigenvalue weighted by Crippen LogP contribution is 2.41. The molecule has 61 heavy (non-hydrogen) atoms. The number of hydrogen-bond donors (Lipinski definition) is 3. The molecule has 0 unspecified atom stereocenters. The Bertz CT molecular complexity index is 2180. The lowest BCUT2D eigenvalue weighted by molar-refractivity contribution is -0.385. The Balaban J connectivity index is 0.865. The van der Waals surface area contributed by atoms with Crippen LogP contribution in [0.1, 0.15) is 62.7 Å². The molecule has 4 heterocycles. The molecule has 0 aliphatic carbocycles. The number of likely N-dealkylation sites (tertiary alicyclic amines) is 1. The fourth-order valence-electron chi connectivity index (χ4n) is 6.99. The molecule has 18 heteroatoms. The molecule has 0 radical (unpaired) electrons. The highest BCUT2D eigenvalue weighted by Gasteiger charge is 2.44. The van der Waals surface area contributed by atoms with Crippen molar-refractivity contribution in [3.63, 3.8) is 0 Å². The summed E-state index contributed by atoms with van der Waals surface area (Å²) < 4.78 is 22.5. The molecule has 6 rings (SSSR count). The van der Waals surface area contributed by atoms with Crippen LogP contribution in [0.2, 0.25) is 0 Å². The topological polar surface area (TPSA) is 205 Å². The van der Waals surface area contributed by atoms with Crippen LogP contribution in [0.15, 0.2) is 70.0 Å². The minimum atomic E-state index is -0.978. The van der Waals surface area contributed by atoms with E-state index in [0.29, 0.717) is 38.6 Å². The maximum atomic E-state index is 14.0. The smallest absolute Gasteiger partial charge is 0.288 e. The van der Waals surface area contributed by atoms with E-state index < -0.39 is 40.3 Å². The zero-order chi connectivity index (χ0) is 43.7. The highest BCUT2D eigenvalue weighted by molar-refractivity contribution is 7.99. The number of aromatic nitrogens is 2. The van der Waals surface area contributed by atoms with E-state index in [1.807, 2.05) is 82.6 Å². The number of carbonyl (C=O) groups excluding carboxylic acids is 3. The summed E-state index contributed by atoms with van der Waals surface area (Å²) in [7, 11) is 0. The third-order valence-corrected chi connectivity index (χ3v) is 12.4. The molecule has 0 bridgehead atoms. The first-order valence-corrected chi connectivity index (χ1v) is 21.8. The number of thiazole rings is 1. The van der Waals surface area contributed by atoms with E-state index in [4.69, 9.17) is 18.9 Å². The van der Waals surface area contributed by atoms with Crippen molar-refractivity contribution in [1.29, 1.82) is 0 Å². The number of ether oxygens (including phenoxy) is 4. The molecule has 4 atom stereocenters. The predicted octanol–water partition coefficient (Wildman–Crippen LogP) is 5.28. The number of hydrogen-bond acceptors (Lipinski definition) is 14. The number of carbonyl (C=O) groups is 3. The van der Waals surface area contributed by atoms with Crippen LogP contribution in [-0.4, -0.2) is 114 Å². The van der Waals surface area contributed by atoms with Crippen molar-refractivity contribution in [2.75, 3.05) is 52.8 Å². The zero-order valence-electron chi connectivity index (χ0n) is 34.9. The minimum Gasteiger partial charge on any atom is -0.491 e. The van der Waals surface area contributed by atoms with Gasteiger partial charge in [-0.3, -0.25) is 29.5 Å². The maximum Gasteiger partial charge on any atom is 0.288 e. The second kappa shape index (κ2) is 20.7. The summed E-state index contributed by atoms with van der Waals surface area (Å²) >= 11 is 3.00. The molecule has 4 aromatic rings. The molecule has 2 aliphatic heterocycles. The van der Waals surface area contributed by atoms with Gasteiger partial charge in [0.1, 0.15) is 37.2 Å².